The standard InChI is InChI=1S/C23H16N4O4S2/c28-21(25-12-16-13-26-23(32-16)14-7-9-24-10-8-14)15-5-6-20-18(11-15)27-22(29)17-3-1-2-4-19(17)33(20,30)31/h1-11,13H,12H2,(H,25,28)(H,27,29). The zero-order chi connectivity index (χ0) is 23.0. The Morgan fingerprint density at radius 2 is 1.82 bits per heavy atom. The molecule has 2 N–H and O–H groups in total. The topological polar surface area (TPSA) is 118 Å². The summed E-state index contributed by atoms with van der Waals surface area (Å²) in [6.07, 6.45) is 5.07. The van der Waals surface area contributed by atoms with Crippen LogP contribution in [0.4, 0.5) is 5.69 Å². The molecule has 0 saturated carbocycles. The summed E-state index contributed by atoms with van der Waals surface area (Å²) in [5.74, 6) is -0.941. The molecule has 3 heterocycles. The zero-order valence-electron chi connectivity index (χ0n) is 17.0. The Morgan fingerprint density at radius 1 is 1.03 bits per heavy atom. The van der Waals surface area contributed by atoms with E-state index in [0.29, 0.717) is 0 Å². The number of hydrogen-bond donors (Lipinski definition) is 2. The lowest BCUT2D eigenvalue weighted by Gasteiger charge is -2.10. The maximum Gasteiger partial charge on any atom is 0.257 e. The molecule has 2 aromatic carbocycles. The van der Waals surface area contributed by atoms with Crippen molar-refractivity contribution in [1.82, 2.24) is 15.3 Å². The molecule has 0 spiro atoms. The van der Waals surface area contributed by atoms with Crippen molar-refractivity contribution in [3.05, 3.63) is 89.2 Å². The van der Waals surface area contributed by atoms with Crippen molar-refractivity contribution in [1.29, 1.82) is 0 Å². The number of fused-ring (bicyclic) bond motifs is 2. The molecule has 2 aromatic heterocycles. The van der Waals surface area contributed by atoms with Crippen LogP contribution in [0.25, 0.3) is 10.6 Å². The fourth-order valence-corrected chi connectivity index (χ4v) is 5.94. The Morgan fingerprint density at radius 3 is 2.64 bits per heavy atom. The van der Waals surface area contributed by atoms with Gasteiger partial charge in [-0.2, -0.15) is 0 Å². The molecule has 0 radical (unpaired) electrons. The van der Waals surface area contributed by atoms with Crippen LogP contribution in [0.1, 0.15) is 25.6 Å². The number of amides is 2. The molecule has 0 aliphatic carbocycles. The lowest BCUT2D eigenvalue weighted by molar-refractivity contribution is 0.0949. The van der Waals surface area contributed by atoms with Gasteiger partial charge in [0.15, 0.2) is 0 Å². The second-order valence-corrected chi connectivity index (χ2v) is 10.2. The highest BCUT2D eigenvalue weighted by atomic mass is 32.2. The van der Waals surface area contributed by atoms with Gasteiger partial charge in [0, 0.05) is 34.6 Å². The number of nitrogens with zero attached hydrogens (tertiary/aromatic N) is 2. The average molecular weight is 477 g/mol. The van der Waals surface area contributed by atoms with Crippen molar-refractivity contribution in [2.75, 3.05) is 5.32 Å². The molecule has 5 rings (SSSR count). The number of carbonyl (C=O) groups is 2. The Bertz CT molecular complexity index is 1500. The van der Waals surface area contributed by atoms with E-state index >= 15 is 0 Å². The number of anilines is 1. The van der Waals surface area contributed by atoms with E-state index in [1.807, 2.05) is 12.1 Å². The van der Waals surface area contributed by atoms with Gasteiger partial charge in [-0.3, -0.25) is 14.6 Å². The minimum Gasteiger partial charge on any atom is -0.347 e. The first-order chi connectivity index (χ1) is 15.9. The number of pyridine rings is 1. The summed E-state index contributed by atoms with van der Waals surface area (Å²) in [7, 11) is -3.92. The van der Waals surface area contributed by atoms with E-state index in [4.69, 9.17) is 0 Å². The van der Waals surface area contributed by atoms with E-state index in [2.05, 4.69) is 20.6 Å². The number of benzene rings is 2. The molecule has 0 fully saturated rings. The smallest absolute Gasteiger partial charge is 0.257 e. The van der Waals surface area contributed by atoms with Crippen molar-refractivity contribution in [2.45, 2.75) is 16.3 Å². The largest absolute Gasteiger partial charge is 0.347 e. The van der Waals surface area contributed by atoms with Crippen molar-refractivity contribution in [2.24, 2.45) is 0 Å². The molecule has 0 unspecified atom stereocenters. The summed E-state index contributed by atoms with van der Waals surface area (Å²) in [4.78, 5) is 34.4. The minimum absolute atomic E-state index is 0.0539. The maximum atomic E-state index is 13.1. The highest BCUT2D eigenvalue weighted by Crippen LogP contribution is 2.34. The van der Waals surface area contributed by atoms with E-state index in [9.17, 15) is 18.0 Å². The summed E-state index contributed by atoms with van der Waals surface area (Å²) < 4.78 is 26.1. The van der Waals surface area contributed by atoms with Gasteiger partial charge in [0.05, 0.1) is 27.6 Å². The van der Waals surface area contributed by atoms with Gasteiger partial charge in [-0.25, -0.2) is 13.4 Å². The molecule has 10 heteroatoms. The van der Waals surface area contributed by atoms with Crippen LogP contribution in [0.15, 0.2) is 83.0 Å². The van der Waals surface area contributed by atoms with Crippen LogP contribution in [-0.2, 0) is 16.4 Å². The summed E-state index contributed by atoms with van der Waals surface area (Å²) in [5.41, 5.74) is 1.31. The van der Waals surface area contributed by atoms with E-state index < -0.39 is 21.7 Å². The Balaban J connectivity index is 1.37. The SMILES string of the molecule is O=C(NCc1cnc(-c2ccncc2)s1)c1ccc2c(c1)NC(=O)c1ccccc1S2(=O)=O. The fourth-order valence-electron chi connectivity index (χ4n) is 3.49. The molecule has 8 nitrogen and oxygen atoms in total. The third-order valence-electron chi connectivity index (χ3n) is 5.10. The van der Waals surface area contributed by atoms with Gasteiger partial charge in [-0.05, 0) is 42.5 Å². The van der Waals surface area contributed by atoms with Gasteiger partial charge in [0.25, 0.3) is 11.8 Å². The first-order valence-electron chi connectivity index (χ1n) is 9.86. The highest BCUT2D eigenvalue weighted by molar-refractivity contribution is 7.91. The van der Waals surface area contributed by atoms with E-state index in [1.165, 1.54) is 41.7 Å². The van der Waals surface area contributed by atoms with Crippen molar-refractivity contribution in [3.63, 3.8) is 0 Å². The van der Waals surface area contributed by atoms with Gasteiger partial charge >= 0.3 is 0 Å². The summed E-state index contributed by atoms with van der Waals surface area (Å²) >= 11 is 1.45. The first kappa shape index (κ1) is 21.0. The molecule has 164 valence electrons. The monoisotopic (exact) mass is 476 g/mol. The zero-order valence-corrected chi connectivity index (χ0v) is 18.6. The predicted molar refractivity (Wildman–Crippen MR) is 123 cm³/mol. The molecule has 2 amide bonds. The van der Waals surface area contributed by atoms with Gasteiger partial charge < -0.3 is 10.6 Å². The number of rotatable bonds is 4. The van der Waals surface area contributed by atoms with E-state index in [-0.39, 0.29) is 33.2 Å². The average Bonchev–Trinajstić information content (AvgIpc) is 3.29. The molecule has 4 aromatic rings. The van der Waals surface area contributed by atoms with Crippen LogP contribution in [0, 0.1) is 0 Å². The van der Waals surface area contributed by atoms with Crippen molar-refractivity contribution >= 4 is 38.7 Å². The van der Waals surface area contributed by atoms with Crippen LogP contribution in [-0.4, -0.2) is 30.2 Å². The third-order valence-corrected chi connectivity index (χ3v) is 8.02. The van der Waals surface area contributed by atoms with Crippen molar-refractivity contribution in [3.8, 4) is 10.6 Å². The Hall–Kier alpha value is -3.89. The minimum atomic E-state index is -3.92. The van der Waals surface area contributed by atoms with Crippen LogP contribution < -0.4 is 10.6 Å². The van der Waals surface area contributed by atoms with Crippen molar-refractivity contribution < 1.29 is 18.0 Å². The number of carbonyl (C=O) groups excluding carboxylic acids is 2. The predicted octanol–water partition coefficient (Wildman–Crippen LogP) is 3.53. The Labute approximate surface area is 193 Å². The quantitative estimate of drug-likeness (QED) is 0.465. The second kappa shape index (κ2) is 8.23. The van der Waals surface area contributed by atoms with Gasteiger partial charge in [-0.15, -0.1) is 11.3 Å². The lowest BCUT2D eigenvalue weighted by atomic mass is 10.1. The molecule has 33 heavy (non-hydrogen) atoms. The normalized spacial score (nSPS) is 13.9. The number of sulfone groups is 1. The molecule has 0 saturated heterocycles. The van der Waals surface area contributed by atoms with Crippen LogP contribution in [0.3, 0.4) is 0 Å². The van der Waals surface area contributed by atoms with Gasteiger partial charge in [-0.1, -0.05) is 12.1 Å². The lowest BCUT2D eigenvalue weighted by Crippen LogP contribution is -2.22. The summed E-state index contributed by atoms with van der Waals surface area (Å²) in [6.45, 7) is 0.259. The van der Waals surface area contributed by atoms with Gasteiger partial charge in [0.2, 0.25) is 9.84 Å². The molecular formula is C23H16N4O4S2. The molecule has 1 aliphatic rings. The molecule has 0 atom stereocenters. The van der Waals surface area contributed by atoms with Crippen LogP contribution in [0.2, 0.25) is 0 Å². The van der Waals surface area contributed by atoms with Crippen LogP contribution in [0.5, 0.6) is 0 Å². The summed E-state index contributed by atoms with van der Waals surface area (Å²) in [5, 5.41) is 6.24. The van der Waals surface area contributed by atoms with E-state index in [1.54, 1.807) is 30.7 Å². The molecule has 1 aliphatic heterocycles. The molecular weight excluding hydrogens is 460 g/mol. The Kier molecular flexibility index (Phi) is 5.23. The third kappa shape index (κ3) is 3.90. The summed E-state index contributed by atoms with van der Waals surface area (Å²) in [6, 6.07) is 13.9. The number of aromatic nitrogens is 2. The number of nitrogens with one attached hydrogen (secondary N) is 2. The molecule has 0 bridgehead atoms. The number of hydrogen-bond acceptors (Lipinski definition) is 7. The fraction of sp³-hybridized carbons (Fsp3) is 0.0435. The first-order valence-corrected chi connectivity index (χ1v) is 12.2. The highest BCUT2D eigenvalue weighted by Gasteiger charge is 2.31. The van der Waals surface area contributed by atoms with E-state index in [0.717, 1.165) is 15.4 Å². The second-order valence-electron chi connectivity index (χ2n) is 7.21. The number of thiazole rings is 1. The maximum absolute atomic E-state index is 13.1. The van der Waals surface area contributed by atoms with Gasteiger partial charge in [0.1, 0.15) is 5.01 Å². The van der Waals surface area contributed by atoms with Crippen LogP contribution >= 0.6 is 11.3 Å².